The number of nitrogens with zero attached hydrogens (tertiary/aromatic N) is 1. The van der Waals surface area contributed by atoms with Crippen LogP contribution in [0.5, 0.6) is 0 Å². The van der Waals surface area contributed by atoms with Crippen molar-refractivity contribution in [2.24, 2.45) is 0 Å². The lowest BCUT2D eigenvalue weighted by molar-refractivity contribution is -0.142. The van der Waals surface area contributed by atoms with Crippen LogP contribution in [0, 0.1) is 0 Å². The molecule has 1 amide bonds. The number of fused-ring (bicyclic) bond motifs is 1. The molecule has 0 saturated heterocycles. The molecule has 0 spiro atoms. The summed E-state index contributed by atoms with van der Waals surface area (Å²) in [4.78, 5) is 26.7. The van der Waals surface area contributed by atoms with E-state index in [1.54, 1.807) is 0 Å². The number of amides is 1. The summed E-state index contributed by atoms with van der Waals surface area (Å²) < 4.78 is 1.06. The van der Waals surface area contributed by atoms with E-state index in [1.807, 2.05) is 24.3 Å². The van der Waals surface area contributed by atoms with Gasteiger partial charge in [-0.3, -0.25) is 4.79 Å². The third-order valence-electron chi connectivity index (χ3n) is 2.72. The van der Waals surface area contributed by atoms with Crippen LogP contribution in [0.1, 0.15) is 11.4 Å². The van der Waals surface area contributed by atoms with Crippen molar-refractivity contribution in [3.8, 4) is 0 Å². The monoisotopic (exact) mass is 294 g/mol. The molecule has 0 aliphatic rings. The van der Waals surface area contributed by atoms with Crippen molar-refractivity contribution in [3.05, 3.63) is 29.3 Å². The van der Waals surface area contributed by atoms with E-state index in [2.05, 4.69) is 10.3 Å². The van der Waals surface area contributed by atoms with Crippen LogP contribution in [0.4, 0.5) is 0 Å². The van der Waals surface area contributed by atoms with Gasteiger partial charge in [-0.25, -0.2) is 9.78 Å². The highest BCUT2D eigenvalue weighted by molar-refractivity contribution is 7.18. The van der Waals surface area contributed by atoms with Gasteiger partial charge < -0.3 is 15.5 Å². The third kappa shape index (κ3) is 3.52. The summed E-state index contributed by atoms with van der Waals surface area (Å²) in [6, 6.07) is 6.44. The predicted octanol–water partition coefficient (Wildman–Crippen LogP) is 0.791. The molecule has 1 heterocycles. The average Bonchev–Trinajstić information content (AvgIpc) is 2.85. The minimum absolute atomic E-state index is 0.142. The van der Waals surface area contributed by atoms with Crippen LogP contribution in [0.25, 0.3) is 10.2 Å². The summed E-state index contributed by atoms with van der Waals surface area (Å²) in [7, 11) is 0. The maximum absolute atomic E-state index is 11.6. The second kappa shape index (κ2) is 6.44. The van der Waals surface area contributed by atoms with Gasteiger partial charge in [0.15, 0.2) is 0 Å². The molecule has 1 unspecified atom stereocenters. The van der Waals surface area contributed by atoms with Crippen LogP contribution in [0.15, 0.2) is 24.3 Å². The van der Waals surface area contributed by atoms with Gasteiger partial charge in [0, 0.05) is 12.8 Å². The lowest BCUT2D eigenvalue weighted by Crippen LogP contribution is -2.43. The van der Waals surface area contributed by atoms with E-state index in [1.165, 1.54) is 11.3 Å². The van der Waals surface area contributed by atoms with Gasteiger partial charge in [-0.1, -0.05) is 12.1 Å². The molecule has 106 valence electrons. The van der Waals surface area contributed by atoms with Crippen molar-refractivity contribution in [1.29, 1.82) is 0 Å². The Morgan fingerprint density at radius 1 is 1.35 bits per heavy atom. The first-order valence-electron chi connectivity index (χ1n) is 6.07. The normalized spacial score (nSPS) is 12.2. The Kier molecular flexibility index (Phi) is 4.65. The van der Waals surface area contributed by atoms with Crippen LogP contribution in [-0.2, 0) is 16.0 Å². The van der Waals surface area contributed by atoms with Crippen LogP contribution in [0.3, 0.4) is 0 Å². The number of rotatable bonds is 6. The van der Waals surface area contributed by atoms with Gasteiger partial charge in [0.05, 0.1) is 21.8 Å². The Labute approximate surface area is 119 Å². The van der Waals surface area contributed by atoms with E-state index in [0.717, 1.165) is 15.2 Å². The first kappa shape index (κ1) is 14.4. The lowest BCUT2D eigenvalue weighted by Gasteiger charge is -2.10. The van der Waals surface area contributed by atoms with Gasteiger partial charge in [-0.2, -0.15) is 0 Å². The van der Waals surface area contributed by atoms with Gasteiger partial charge >= 0.3 is 5.97 Å². The summed E-state index contributed by atoms with van der Waals surface area (Å²) in [5.74, 6) is -1.66. The quantitative estimate of drug-likeness (QED) is 0.731. The zero-order valence-corrected chi connectivity index (χ0v) is 11.4. The van der Waals surface area contributed by atoms with Crippen molar-refractivity contribution in [1.82, 2.24) is 10.3 Å². The Morgan fingerprint density at radius 2 is 2.10 bits per heavy atom. The average molecular weight is 294 g/mol. The summed E-state index contributed by atoms with van der Waals surface area (Å²) >= 11 is 1.51. The Bertz CT molecular complexity index is 593. The first-order chi connectivity index (χ1) is 9.60. The molecule has 2 rings (SSSR count). The summed E-state index contributed by atoms with van der Waals surface area (Å²) in [5, 5.41) is 20.6. The van der Waals surface area contributed by atoms with Gasteiger partial charge in [0.1, 0.15) is 6.04 Å². The maximum Gasteiger partial charge on any atom is 0.328 e. The van der Waals surface area contributed by atoms with Crippen molar-refractivity contribution in [3.63, 3.8) is 0 Å². The fourth-order valence-corrected chi connectivity index (χ4v) is 2.67. The molecule has 1 aromatic carbocycles. The van der Waals surface area contributed by atoms with Crippen molar-refractivity contribution >= 4 is 33.4 Å². The molecule has 0 aliphatic heterocycles. The number of carboxylic acids is 1. The van der Waals surface area contributed by atoms with E-state index >= 15 is 0 Å². The van der Waals surface area contributed by atoms with Crippen molar-refractivity contribution in [2.45, 2.75) is 18.9 Å². The van der Waals surface area contributed by atoms with Crippen molar-refractivity contribution < 1.29 is 19.8 Å². The highest BCUT2D eigenvalue weighted by Gasteiger charge is 2.18. The van der Waals surface area contributed by atoms with Gasteiger partial charge in [-0.15, -0.1) is 11.3 Å². The zero-order valence-electron chi connectivity index (χ0n) is 10.6. The predicted molar refractivity (Wildman–Crippen MR) is 74.6 cm³/mol. The largest absolute Gasteiger partial charge is 0.480 e. The summed E-state index contributed by atoms with van der Waals surface area (Å²) in [6.45, 7) is -0.623. The second-order valence-electron chi connectivity index (χ2n) is 4.22. The fraction of sp³-hybridized carbons (Fsp3) is 0.308. The Morgan fingerprint density at radius 3 is 2.75 bits per heavy atom. The van der Waals surface area contributed by atoms with Crippen LogP contribution >= 0.6 is 11.3 Å². The topological polar surface area (TPSA) is 99.5 Å². The number of aliphatic hydroxyl groups is 1. The number of nitrogens with one attached hydrogen (secondary N) is 1. The minimum Gasteiger partial charge on any atom is -0.480 e. The number of para-hydroxylation sites is 1. The summed E-state index contributed by atoms with van der Waals surface area (Å²) in [6.07, 6.45) is 0.590. The molecule has 6 nitrogen and oxygen atoms in total. The van der Waals surface area contributed by atoms with Gasteiger partial charge in [0.25, 0.3) is 0 Å². The van der Waals surface area contributed by atoms with Gasteiger partial charge in [-0.05, 0) is 12.1 Å². The lowest BCUT2D eigenvalue weighted by atomic mass is 10.2. The zero-order chi connectivity index (χ0) is 14.5. The number of aromatic nitrogens is 1. The molecule has 0 bridgehead atoms. The molecule has 20 heavy (non-hydrogen) atoms. The number of benzene rings is 1. The van der Waals surface area contributed by atoms with Crippen molar-refractivity contribution in [2.75, 3.05) is 6.61 Å². The van der Waals surface area contributed by atoms with E-state index in [0.29, 0.717) is 6.42 Å². The SMILES string of the molecule is O=C(CCc1nc2ccccc2s1)NC(CO)C(=O)O. The number of aliphatic carboxylic acids is 1. The van der Waals surface area contributed by atoms with Gasteiger partial charge in [0.2, 0.25) is 5.91 Å². The number of carbonyl (C=O) groups is 2. The Hall–Kier alpha value is -1.99. The van der Waals surface area contributed by atoms with Crippen LogP contribution in [-0.4, -0.2) is 39.7 Å². The number of carboxylic acid groups (broad SMARTS) is 1. The van der Waals surface area contributed by atoms with E-state index < -0.39 is 24.5 Å². The molecule has 0 saturated carbocycles. The number of hydrogen-bond acceptors (Lipinski definition) is 5. The van der Waals surface area contributed by atoms with E-state index in [-0.39, 0.29) is 6.42 Å². The standard InChI is InChI=1S/C13H14N2O4S/c16-7-9(13(18)19)14-11(17)5-6-12-15-8-3-1-2-4-10(8)20-12/h1-4,9,16H,5-7H2,(H,14,17)(H,18,19). The van der Waals surface area contributed by atoms with E-state index in [4.69, 9.17) is 10.2 Å². The number of thiazole rings is 1. The number of aliphatic hydroxyl groups excluding tert-OH is 1. The smallest absolute Gasteiger partial charge is 0.328 e. The van der Waals surface area contributed by atoms with Crippen LogP contribution < -0.4 is 5.32 Å². The maximum atomic E-state index is 11.6. The first-order valence-corrected chi connectivity index (χ1v) is 6.89. The molecule has 2 aromatic rings. The molecular formula is C13H14N2O4S. The molecule has 0 fully saturated rings. The molecule has 1 atom stereocenters. The molecule has 1 aromatic heterocycles. The highest BCUT2D eigenvalue weighted by atomic mass is 32.1. The molecule has 0 aliphatic carbocycles. The molecule has 0 radical (unpaired) electrons. The molecule has 7 heteroatoms. The second-order valence-corrected chi connectivity index (χ2v) is 5.33. The Balaban J connectivity index is 1.91. The van der Waals surface area contributed by atoms with Crippen LogP contribution in [0.2, 0.25) is 0 Å². The molecular weight excluding hydrogens is 280 g/mol. The highest BCUT2D eigenvalue weighted by Crippen LogP contribution is 2.22. The number of aryl methyl sites for hydroxylation is 1. The number of hydrogen-bond donors (Lipinski definition) is 3. The third-order valence-corrected chi connectivity index (χ3v) is 3.82. The fourth-order valence-electron chi connectivity index (χ4n) is 1.70. The van der Waals surface area contributed by atoms with E-state index in [9.17, 15) is 9.59 Å². The minimum atomic E-state index is -1.25. The number of carbonyl (C=O) groups excluding carboxylic acids is 1. The summed E-state index contributed by atoms with van der Waals surface area (Å²) in [5.41, 5.74) is 0.895. The molecule has 3 N–H and O–H groups in total.